The molecule has 0 radical (unpaired) electrons. The average Bonchev–Trinajstić information content (AvgIpc) is 2.78. The highest BCUT2D eigenvalue weighted by Crippen LogP contribution is 2.13. The van der Waals surface area contributed by atoms with E-state index in [9.17, 15) is 0 Å². The molecule has 3 heterocycles. The van der Waals surface area contributed by atoms with E-state index >= 15 is 0 Å². The molecule has 0 aromatic carbocycles. The van der Waals surface area contributed by atoms with Gasteiger partial charge in [-0.05, 0) is 35.0 Å². The molecule has 0 fully saturated rings. The maximum Gasteiger partial charge on any atom is 0.137 e. The van der Waals surface area contributed by atoms with Crippen LogP contribution in [0.15, 0.2) is 41.4 Å². The molecule has 0 spiro atoms. The standard InChI is InChI=1S/C13H12BrN5/c1-9-4-12(17-8-16-9)15-5-11-7-19-6-10(14)2-3-13(19)18-11/h2-4,6-8H,5H2,1H3,(H,15,16,17). The van der Waals surface area contributed by atoms with Crippen LogP contribution in [0.4, 0.5) is 5.82 Å². The SMILES string of the molecule is Cc1cc(NCc2cn3cc(Br)ccc3n2)ncn1. The fraction of sp³-hybridized carbons (Fsp3) is 0.154. The van der Waals surface area contributed by atoms with Crippen molar-refractivity contribution in [2.24, 2.45) is 0 Å². The summed E-state index contributed by atoms with van der Waals surface area (Å²) in [7, 11) is 0. The number of anilines is 1. The molecule has 6 heteroatoms. The van der Waals surface area contributed by atoms with Crippen LogP contribution in [0.5, 0.6) is 0 Å². The van der Waals surface area contributed by atoms with Crippen LogP contribution >= 0.6 is 15.9 Å². The number of halogens is 1. The molecule has 0 aliphatic heterocycles. The number of hydrogen-bond acceptors (Lipinski definition) is 4. The van der Waals surface area contributed by atoms with E-state index < -0.39 is 0 Å². The maximum absolute atomic E-state index is 4.53. The van der Waals surface area contributed by atoms with Crippen LogP contribution in [0.2, 0.25) is 0 Å². The Morgan fingerprint density at radius 3 is 3.00 bits per heavy atom. The first-order chi connectivity index (χ1) is 9.20. The van der Waals surface area contributed by atoms with Gasteiger partial charge in [0.2, 0.25) is 0 Å². The number of imidazole rings is 1. The minimum absolute atomic E-state index is 0.635. The monoisotopic (exact) mass is 317 g/mol. The van der Waals surface area contributed by atoms with E-state index in [-0.39, 0.29) is 0 Å². The molecule has 0 unspecified atom stereocenters. The van der Waals surface area contributed by atoms with Crippen molar-refractivity contribution in [3.8, 4) is 0 Å². The van der Waals surface area contributed by atoms with Gasteiger partial charge in [-0.2, -0.15) is 0 Å². The number of aromatic nitrogens is 4. The van der Waals surface area contributed by atoms with Gasteiger partial charge in [-0.3, -0.25) is 0 Å². The van der Waals surface area contributed by atoms with Gasteiger partial charge in [0.1, 0.15) is 17.8 Å². The number of rotatable bonds is 3. The molecule has 96 valence electrons. The van der Waals surface area contributed by atoms with Crippen LogP contribution in [-0.4, -0.2) is 19.4 Å². The van der Waals surface area contributed by atoms with E-state index in [2.05, 4.69) is 36.2 Å². The highest BCUT2D eigenvalue weighted by atomic mass is 79.9. The van der Waals surface area contributed by atoms with Crippen molar-refractivity contribution in [1.29, 1.82) is 0 Å². The van der Waals surface area contributed by atoms with E-state index in [1.165, 1.54) is 0 Å². The van der Waals surface area contributed by atoms with Crippen molar-refractivity contribution < 1.29 is 0 Å². The Hall–Kier alpha value is -1.95. The van der Waals surface area contributed by atoms with Crippen LogP contribution in [0.3, 0.4) is 0 Å². The van der Waals surface area contributed by atoms with E-state index in [0.29, 0.717) is 6.54 Å². The number of pyridine rings is 1. The van der Waals surface area contributed by atoms with E-state index in [1.807, 2.05) is 41.9 Å². The van der Waals surface area contributed by atoms with Gasteiger partial charge in [0.25, 0.3) is 0 Å². The summed E-state index contributed by atoms with van der Waals surface area (Å²) in [4.78, 5) is 12.7. The third-order valence-electron chi connectivity index (χ3n) is 2.72. The van der Waals surface area contributed by atoms with Gasteiger partial charge in [0.05, 0.1) is 12.2 Å². The summed E-state index contributed by atoms with van der Waals surface area (Å²) in [6.07, 6.45) is 5.54. The van der Waals surface area contributed by atoms with Gasteiger partial charge >= 0.3 is 0 Å². The zero-order valence-electron chi connectivity index (χ0n) is 10.3. The molecule has 3 aromatic heterocycles. The number of fused-ring (bicyclic) bond motifs is 1. The Kier molecular flexibility index (Phi) is 3.16. The second-order valence-corrected chi connectivity index (χ2v) is 5.16. The first-order valence-electron chi connectivity index (χ1n) is 5.86. The Bertz CT molecular complexity index is 722. The van der Waals surface area contributed by atoms with Gasteiger partial charge in [-0.15, -0.1) is 0 Å². The molecule has 0 aliphatic rings. The number of aryl methyl sites for hydroxylation is 1. The zero-order chi connectivity index (χ0) is 13.2. The first-order valence-corrected chi connectivity index (χ1v) is 6.66. The summed E-state index contributed by atoms with van der Waals surface area (Å²) in [5.41, 5.74) is 2.84. The summed E-state index contributed by atoms with van der Waals surface area (Å²) in [5, 5.41) is 3.24. The second-order valence-electron chi connectivity index (χ2n) is 4.24. The normalized spacial score (nSPS) is 10.8. The predicted molar refractivity (Wildman–Crippen MR) is 77.0 cm³/mol. The number of hydrogen-bond donors (Lipinski definition) is 1. The van der Waals surface area contributed by atoms with Crippen molar-refractivity contribution in [2.75, 3.05) is 5.32 Å². The fourth-order valence-corrected chi connectivity index (χ4v) is 2.19. The quantitative estimate of drug-likeness (QED) is 0.807. The first kappa shape index (κ1) is 12.1. The minimum Gasteiger partial charge on any atom is -0.364 e. The molecule has 5 nitrogen and oxygen atoms in total. The van der Waals surface area contributed by atoms with Crippen molar-refractivity contribution in [3.63, 3.8) is 0 Å². The summed E-state index contributed by atoms with van der Waals surface area (Å²) < 4.78 is 3.02. The van der Waals surface area contributed by atoms with Crippen LogP contribution in [0.25, 0.3) is 5.65 Å². The maximum atomic E-state index is 4.53. The molecule has 0 saturated carbocycles. The van der Waals surface area contributed by atoms with Crippen LogP contribution in [0, 0.1) is 6.92 Å². The molecule has 0 saturated heterocycles. The summed E-state index contributed by atoms with van der Waals surface area (Å²) >= 11 is 3.44. The zero-order valence-corrected chi connectivity index (χ0v) is 11.9. The average molecular weight is 318 g/mol. The van der Waals surface area contributed by atoms with Crippen molar-refractivity contribution in [1.82, 2.24) is 19.4 Å². The molecular weight excluding hydrogens is 306 g/mol. The molecule has 1 N–H and O–H groups in total. The lowest BCUT2D eigenvalue weighted by Crippen LogP contribution is -2.02. The Morgan fingerprint density at radius 2 is 2.16 bits per heavy atom. The summed E-state index contributed by atoms with van der Waals surface area (Å²) in [6, 6.07) is 5.86. The minimum atomic E-state index is 0.635. The molecule has 0 bridgehead atoms. The Morgan fingerprint density at radius 1 is 1.26 bits per heavy atom. The van der Waals surface area contributed by atoms with Crippen molar-refractivity contribution in [3.05, 3.63) is 52.8 Å². The van der Waals surface area contributed by atoms with Gasteiger partial charge in [-0.1, -0.05) is 0 Å². The largest absolute Gasteiger partial charge is 0.364 e. The van der Waals surface area contributed by atoms with Gasteiger partial charge in [-0.25, -0.2) is 15.0 Å². The van der Waals surface area contributed by atoms with Crippen molar-refractivity contribution >= 4 is 27.4 Å². The van der Waals surface area contributed by atoms with E-state index in [4.69, 9.17) is 0 Å². The topological polar surface area (TPSA) is 55.1 Å². The molecular formula is C13H12BrN5. The lowest BCUT2D eigenvalue weighted by Gasteiger charge is -2.02. The predicted octanol–water partition coefficient (Wildman–Crippen LogP) is 2.81. The smallest absolute Gasteiger partial charge is 0.137 e. The highest BCUT2D eigenvalue weighted by Gasteiger charge is 2.02. The van der Waals surface area contributed by atoms with Crippen molar-refractivity contribution in [2.45, 2.75) is 13.5 Å². The third-order valence-corrected chi connectivity index (χ3v) is 3.19. The lowest BCUT2D eigenvalue weighted by molar-refractivity contribution is 1.03. The van der Waals surface area contributed by atoms with E-state index in [1.54, 1.807) is 6.33 Å². The van der Waals surface area contributed by atoms with Crippen LogP contribution in [-0.2, 0) is 6.54 Å². The molecule has 0 atom stereocenters. The lowest BCUT2D eigenvalue weighted by atomic mass is 10.4. The Labute approximate surface area is 118 Å². The van der Waals surface area contributed by atoms with E-state index in [0.717, 1.165) is 27.3 Å². The molecule has 19 heavy (non-hydrogen) atoms. The summed E-state index contributed by atoms with van der Waals surface area (Å²) in [6.45, 7) is 2.57. The number of nitrogens with zero attached hydrogens (tertiary/aromatic N) is 4. The second kappa shape index (κ2) is 4.97. The van der Waals surface area contributed by atoms with Gasteiger partial charge in [0, 0.05) is 28.6 Å². The highest BCUT2D eigenvalue weighted by molar-refractivity contribution is 9.10. The molecule has 0 amide bonds. The third kappa shape index (κ3) is 2.73. The van der Waals surface area contributed by atoms with Gasteiger partial charge < -0.3 is 9.72 Å². The van der Waals surface area contributed by atoms with Gasteiger partial charge in [0.15, 0.2) is 0 Å². The fourth-order valence-electron chi connectivity index (χ4n) is 1.83. The van der Waals surface area contributed by atoms with Crippen LogP contribution < -0.4 is 5.32 Å². The number of nitrogens with one attached hydrogen (secondary N) is 1. The summed E-state index contributed by atoms with van der Waals surface area (Å²) in [5.74, 6) is 0.811. The van der Waals surface area contributed by atoms with Crippen LogP contribution in [0.1, 0.15) is 11.4 Å². The molecule has 3 rings (SSSR count). The molecule has 0 aliphatic carbocycles. The molecule has 3 aromatic rings. The Balaban J connectivity index is 1.78.